The fourth-order valence-corrected chi connectivity index (χ4v) is 1.11. The van der Waals surface area contributed by atoms with Crippen molar-refractivity contribution in [2.75, 3.05) is 18.2 Å². The number of hydrogen-bond donors (Lipinski definition) is 2. The lowest BCUT2D eigenvalue weighted by Gasteiger charge is -2.04. The van der Waals surface area contributed by atoms with E-state index < -0.39 is 5.97 Å². The van der Waals surface area contributed by atoms with Crippen molar-refractivity contribution in [1.29, 1.82) is 0 Å². The van der Waals surface area contributed by atoms with Gasteiger partial charge in [-0.15, -0.1) is 0 Å². The van der Waals surface area contributed by atoms with E-state index in [0.29, 0.717) is 11.4 Å². The van der Waals surface area contributed by atoms with Crippen LogP contribution in [0.4, 0.5) is 11.4 Å². The fourth-order valence-electron chi connectivity index (χ4n) is 1.11. The molecular formula is C11H14N2O3. The van der Waals surface area contributed by atoms with Crippen LogP contribution in [0.5, 0.6) is 0 Å². The molecule has 0 aliphatic rings. The summed E-state index contributed by atoms with van der Waals surface area (Å²) in [5.41, 5.74) is 6.79. The Balaban J connectivity index is 2.40. The monoisotopic (exact) mass is 222 g/mol. The van der Waals surface area contributed by atoms with E-state index in [9.17, 15) is 9.59 Å². The summed E-state index contributed by atoms with van der Waals surface area (Å²) in [5.74, 6) is -0.623. The van der Waals surface area contributed by atoms with Crippen LogP contribution in [0.25, 0.3) is 0 Å². The summed E-state index contributed by atoms with van der Waals surface area (Å²) in [5, 5.41) is 2.65. The Hall–Kier alpha value is -2.04. The summed E-state index contributed by atoms with van der Waals surface area (Å²) < 4.78 is 4.43. The molecule has 0 saturated heterocycles. The Morgan fingerprint density at radius 1 is 1.25 bits per heavy atom. The maximum absolute atomic E-state index is 11.4. The third-order valence-corrected chi connectivity index (χ3v) is 1.98. The molecule has 5 nitrogen and oxygen atoms in total. The second-order valence-corrected chi connectivity index (χ2v) is 3.25. The first kappa shape index (κ1) is 12.0. The molecule has 0 spiro atoms. The number of nitrogen functional groups attached to an aromatic ring is 1. The number of rotatable bonds is 4. The number of ether oxygens (including phenoxy) is 1. The number of amides is 1. The molecule has 0 heterocycles. The van der Waals surface area contributed by atoms with E-state index in [1.165, 1.54) is 7.11 Å². The van der Waals surface area contributed by atoms with Crippen LogP contribution in [0.2, 0.25) is 0 Å². The van der Waals surface area contributed by atoms with Gasteiger partial charge in [0.15, 0.2) is 0 Å². The summed E-state index contributed by atoms with van der Waals surface area (Å²) in [6.07, 6.45) is 0.189. The molecule has 0 atom stereocenters. The maximum atomic E-state index is 11.4. The topological polar surface area (TPSA) is 81.4 Å². The van der Waals surface area contributed by atoms with E-state index in [-0.39, 0.29) is 18.7 Å². The van der Waals surface area contributed by atoms with Gasteiger partial charge in [-0.05, 0) is 24.3 Å². The lowest BCUT2D eigenvalue weighted by atomic mass is 10.2. The van der Waals surface area contributed by atoms with Crippen molar-refractivity contribution in [3.63, 3.8) is 0 Å². The zero-order valence-corrected chi connectivity index (χ0v) is 9.03. The quantitative estimate of drug-likeness (QED) is 0.591. The Labute approximate surface area is 93.6 Å². The largest absolute Gasteiger partial charge is 0.469 e. The number of nitrogens with one attached hydrogen (secondary N) is 1. The zero-order chi connectivity index (χ0) is 12.0. The maximum Gasteiger partial charge on any atom is 0.306 e. The van der Waals surface area contributed by atoms with Crippen LogP contribution < -0.4 is 11.1 Å². The highest BCUT2D eigenvalue weighted by Gasteiger charge is 2.06. The van der Waals surface area contributed by atoms with E-state index in [0.717, 1.165) is 0 Å². The Kier molecular flexibility index (Phi) is 4.32. The Morgan fingerprint density at radius 3 is 2.44 bits per heavy atom. The van der Waals surface area contributed by atoms with Crippen molar-refractivity contribution >= 4 is 23.3 Å². The van der Waals surface area contributed by atoms with E-state index in [4.69, 9.17) is 5.73 Å². The van der Waals surface area contributed by atoms with Gasteiger partial charge >= 0.3 is 5.97 Å². The molecule has 0 aliphatic carbocycles. The molecule has 0 bridgehead atoms. The fraction of sp³-hybridized carbons (Fsp3) is 0.273. The van der Waals surface area contributed by atoms with Crippen molar-refractivity contribution in [1.82, 2.24) is 0 Å². The molecule has 0 aromatic heterocycles. The molecule has 86 valence electrons. The van der Waals surface area contributed by atoms with Crippen LogP contribution in [-0.2, 0) is 14.3 Å². The molecule has 1 aromatic carbocycles. The average molecular weight is 222 g/mol. The molecular weight excluding hydrogens is 208 g/mol. The minimum Gasteiger partial charge on any atom is -0.469 e. The van der Waals surface area contributed by atoms with Crippen molar-refractivity contribution < 1.29 is 14.3 Å². The Morgan fingerprint density at radius 2 is 1.88 bits per heavy atom. The van der Waals surface area contributed by atoms with E-state index in [1.807, 2.05) is 0 Å². The van der Waals surface area contributed by atoms with Crippen LogP contribution >= 0.6 is 0 Å². The first-order chi connectivity index (χ1) is 7.61. The zero-order valence-electron chi connectivity index (χ0n) is 9.03. The van der Waals surface area contributed by atoms with Gasteiger partial charge in [0, 0.05) is 17.8 Å². The third-order valence-electron chi connectivity index (χ3n) is 1.98. The van der Waals surface area contributed by atoms with Gasteiger partial charge in [-0.3, -0.25) is 9.59 Å². The van der Waals surface area contributed by atoms with E-state index in [2.05, 4.69) is 10.1 Å². The summed E-state index contributed by atoms with van der Waals surface area (Å²) >= 11 is 0. The van der Waals surface area contributed by atoms with Gasteiger partial charge in [0.05, 0.1) is 13.5 Å². The molecule has 0 fully saturated rings. The minimum absolute atomic E-state index is 0.0807. The average Bonchev–Trinajstić information content (AvgIpc) is 2.29. The molecule has 1 aromatic rings. The molecule has 0 unspecified atom stereocenters. The number of anilines is 2. The van der Waals surface area contributed by atoms with Crippen LogP contribution in [0.1, 0.15) is 12.8 Å². The van der Waals surface area contributed by atoms with Gasteiger partial charge in [0.25, 0.3) is 0 Å². The second-order valence-electron chi connectivity index (χ2n) is 3.25. The Bertz CT molecular complexity index is 373. The summed E-state index contributed by atoms with van der Waals surface area (Å²) in [4.78, 5) is 22.2. The number of nitrogens with two attached hydrogens (primary N) is 1. The van der Waals surface area contributed by atoms with Crippen LogP contribution in [-0.4, -0.2) is 19.0 Å². The van der Waals surface area contributed by atoms with E-state index >= 15 is 0 Å². The van der Waals surface area contributed by atoms with Gasteiger partial charge in [0.2, 0.25) is 5.91 Å². The van der Waals surface area contributed by atoms with Crippen LogP contribution in [0.3, 0.4) is 0 Å². The van der Waals surface area contributed by atoms with Crippen LogP contribution in [0.15, 0.2) is 24.3 Å². The number of hydrogen-bond acceptors (Lipinski definition) is 4. The van der Waals surface area contributed by atoms with Gasteiger partial charge in [-0.1, -0.05) is 0 Å². The van der Waals surface area contributed by atoms with Gasteiger partial charge in [0.1, 0.15) is 0 Å². The van der Waals surface area contributed by atoms with Crippen molar-refractivity contribution in [2.45, 2.75) is 12.8 Å². The van der Waals surface area contributed by atoms with E-state index in [1.54, 1.807) is 24.3 Å². The standard InChI is InChI=1S/C11H14N2O3/c1-16-11(15)7-6-10(14)13-9-4-2-8(12)3-5-9/h2-5H,6-7,12H2,1H3,(H,13,14). The smallest absolute Gasteiger partial charge is 0.306 e. The highest BCUT2D eigenvalue weighted by atomic mass is 16.5. The second kappa shape index (κ2) is 5.75. The molecule has 3 N–H and O–H groups in total. The number of carbonyl (C=O) groups excluding carboxylic acids is 2. The predicted octanol–water partition coefficient (Wildman–Crippen LogP) is 1.16. The summed E-state index contributed by atoms with van der Waals surface area (Å²) in [7, 11) is 1.29. The number of carbonyl (C=O) groups is 2. The molecule has 0 saturated carbocycles. The number of esters is 1. The summed E-state index contributed by atoms with van der Waals surface area (Å²) in [6.45, 7) is 0. The molecule has 1 amide bonds. The lowest BCUT2D eigenvalue weighted by molar-refractivity contribution is -0.141. The summed E-state index contributed by atoms with van der Waals surface area (Å²) in [6, 6.07) is 6.78. The van der Waals surface area contributed by atoms with Crippen molar-refractivity contribution in [2.24, 2.45) is 0 Å². The molecule has 1 rings (SSSR count). The van der Waals surface area contributed by atoms with Crippen LogP contribution in [0, 0.1) is 0 Å². The highest BCUT2D eigenvalue weighted by molar-refractivity contribution is 5.92. The van der Waals surface area contributed by atoms with Gasteiger partial charge in [-0.2, -0.15) is 0 Å². The molecule has 0 aliphatic heterocycles. The third kappa shape index (κ3) is 4.00. The first-order valence-electron chi connectivity index (χ1n) is 4.84. The number of methoxy groups -OCH3 is 1. The van der Waals surface area contributed by atoms with Crippen molar-refractivity contribution in [3.05, 3.63) is 24.3 Å². The minimum atomic E-state index is -0.396. The lowest BCUT2D eigenvalue weighted by Crippen LogP contribution is -2.13. The highest BCUT2D eigenvalue weighted by Crippen LogP contribution is 2.10. The normalized spacial score (nSPS) is 9.56. The first-order valence-corrected chi connectivity index (χ1v) is 4.84. The molecule has 16 heavy (non-hydrogen) atoms. The molecule has 5 heteroatoms. The van der Waals surface area contributed by atoms with Gasteiger partial charge in [-0.25, -0.2) is 0 Å². The SMILES string of the molecule is COC(=O)CCC(=O)Nc1ccc(N)cc1. The number of benzene rings is 1. The predicted molar refractivity (Wildman–Crippen MR) is 60.7 cm³/mol. The molecule has 0 radical (unpaired) electrons. The van der Waals surface area contributed by atoms with Crippen molar-refractivity contribution in [3.8, 4) is 0 Å². The van der Waals surface area contributed by atoms with Gasteiger partial charge < -0.3 is 15.8 Å².